The Morgan fingerprint density at radius 2 is 2.00 bits per heavy atom. The maximum absolute atomic E-state index is 10.6. The van der Waals surface area contributed by atoms with E-state index in [1.54, 1.807) is 36.5 Å². The van der Waals surface area contributed by atoms with Crippen molar-refractivity contribution in [1.29, 1.82) is 0 Å². The maximum atomic E-state index is 10.6. The normalized spacial score (nSPS) is 10.6. The third-order valence-corrected chi connectivity index (χ3v) is 3.50. The Bertz CT molecular complexity index is 862. The minimum atomic E-state index is -0.527. The standard InChI is InChI=1S/C16H16N6O3/c23-12-5-3-11(4-6-12)13-7-9-18-16(20-13)17-8-1-2-14-19-10-15(21-14)22(24)25/h3-7,9-10,23H,1-2,8H2,(H,19,21)(H,17,18,20). The van der Waals surface area contributed by atoms with Crippen LogP contribution in [-0.4, -0.2) is 36.5 Å². The lowest BCUT2D eigenvalue weighted by atomic mass is 10.1. The van der Waals surface area contributed by atoms with Gasteiger partial charge >= 0.3 is 5.82 Å². The zero-order valence-corrected chi connectivity index (χ0v) is 13.2. The molecular formula is C16H16N6O3. The summed E-state index contributed by atoms with van der Waals surface area (Å²) in [5.74, 6) is 1.10. The van der Waals surface area contributed by atoms with E-state index in [1.165, 1.54) is 6.20 Å². The molecule has 0 saturated carbocycles. The highest BCUT2D eigenvalue weighted by Gasteiger charge is 2.12. The van der Waals surface area contributed by atoms with E-state index in [-0.39, 0.29) is 11.6 Å². The van der Waals surface area contributed by atoms with E-state index in [9.17, 15) is 15.2 Å². The molecule has 0 aliphatic rings. The average Bonchev–Trinajstić information content (AvgIpc) is 3.09. The predicted octanol–water partition coefficient (Wildman–Crippen LogP) is 2.53. The van der Waals surface area contributed by atoms with Crippen molar-refractivity contribution in [3.8, 4) is 17.0 Å². The van der Waals surface area contributed by atoms with Crippen molar-refractivity contribution >= 4 is 11.8 Å². The smallest absolute Gasteiger partial charge is 0.381 e. The zero-order valence-electron chi connectivity index (χ0n) is 13.2. The van der Waals surface area contributed by atoms with Gasteiger partial charge in [0.1, 0.15) is 11.9 Å². The molecule has 9 nitrogen and oxygen atoms in total. The quantitative estimate of drug-likeness (QED) is 0.342. The molecule has 2 heterocycles. The molecule has 9 heteroatoms. The molecule has 0 spiro atoms. The number of rotatable bonds is 7. The van der Waals surface area contributed by atoms with Crippen LogP contribution in [0.25, 0.3) is 11.3 Å². The highest BCUT2D eigenvalue weighted by molar-refractivity contribution is 5.60. The molecule has 1 aromatic carbocycles. The van der Waals surface area contributed by atoms with Gasteiger partial charge in [-0.05, 0) is 46.7 Å². The second-order valence-electron chi connectivity index (χ2n) is 5.31. The van der Waals surface area contributed by atoms with Gasteiger partial charge in [-0.1, -0.05) is 0 Å². The van der Waals surface area contributed by atoms with Gasteiger partial charge in [0.2, 0.25) is 11.8 Å². The first-order chi connectivity index (χ1) is 12.1. The van der Waals surface area contributed by atoms with Crippen molar-refractivity contribution in [2.75, 3.05) is 11.9 Å². The lowest BCUT2D eigenvalue weighted by molar-refractivity contribution is -0.389. The third-order valence-electron chi connectivity index (χ3n) is 3.50. The van der Waals surface area contributed by atoms with E-state index in [0.29, 0.717) is 24.7 Å². The molecule has 128 valence electrons. The number of phenolic OH excluding ortho intramolecular Hbond substituents is 1. The Morgan fingerprint density at radius 1 is 1.20 bits per heavy atom. The van der Waals surface area contributed by atoms with Crippen LogP contribution in [0.1, 0.15) is 12.2 Å². The monoisotopic (exact) mass is 340 g/mol. The number of imidazole rings is 1. The van der Waals surface area contributed by atoms with Gasteiger partial charge in [0.25, 0.3) is 0 Å². The molecular weight excluding hydrogens is 324 g/mol. The minimum Gasteiger partial charge on any atom is -0.508 e. The highest BCUT2D eigenvalue weighted by atomic mass is 16.6. The summed E-state index contributed by atoms with van der Waals surface area (Å²) in [6.07, 6.45) is 4.25. The largest absolute Gasteiger partial charge is 0.508 e. The number of anilines is 1. The van der Waals surface area contributed by atoms with Crippen LogP contribution in [0.4, 0.5) is 11.8 Å². The number of nitrogens with zero attached hydrogens (tertiary/aromatic N) is 4. The van der Waals surface area contributed by atoms with Crippen LogP contribution >= 0.6 is 0 Å². The van der Waals surface area contributed by atoms with E-state index in [0.717, 1.165) is 17.7 Å². The van der Waals surface area contributed by atoms with Crippen molar-refractivity contribution in [3.05, 3.63) is 58.7 Å². The molecule has 3 aromatic rings. The number of nitrogens with one attached hydrogen (secondary N) is 2. The summed E-state index contributed by atoms with van der Waals surface area (Å²) in [6.45, 7) is 0.605. The van der Waals surface area contributed by atoms with Crippen LogP contribution in [0.5, 0.6) is 5.75 Å². The number of aromatic nitrogens is 4. The molecule has 0 unspecified atom stereocenters. The second kappa shape index (κ2) is 7.39. The van der Waals surface area contributed by atoms with Crippen LogP contribution < -0.4 is 5.32 Å². The summed E-state index contributed by atoms with van der Waals surface area (Å²) < 4.78 is 0. The molecule has 3 rings (SSSR count). The van der Waals surface area contributed by atoms with E-state index in [1.807, 2.05) is 0 Å². The number of phenols is 1. The Hall–Kier alpha value is -3.49. The Morgan fingerprint density at radius 3 is 2.72 bits per heavy atom. The Labute approximate surface area is 143 Å². The second-order valence-corrected chi connectivity index (χ2v) is 5.31. The van der Waals surface area contributed by atoms with E-state index >= 15 is 0 Å². The number of aromatic hydroxyl groups is 1. The van der Waals surface area contributed by atoms with Crippen molar-refractivity contribution in [3.63, 3.8) is 0 Å². The summed E-state index contributed by atoms with van der Waals surface area (Å²) in [5.41, 5.74) is 1.63. The zero-order chi connectivity index (χ0) is 17.6. The number of aromatic amines is 1. The molecule has 0 bridgehead atoms. The first-order valence-electron chi connectivity index (χ1n) is 7.67. The van der Waals surface area contributed by atoms with Gasteiger partial charge in [-0.15, -0.1) is 0 Å². The first kappa shape index (κ1) is 16.4. The lowest BCUT2D eigenvalue weighted by Gasteiger charge is -2.06. The molecule has 0 aliphatic heterocycles. The number of hydrogen-bond donors (Lipinski definition) is 3. The molecule has 0 radical (unpaired) electrons. The summed E-state index contributed by atoms with van der Waals surface area (Å²) in [4.78, 5) is 25.3. The number of hydrogen-bond acceptors (Lipinski definition) is 7. The van der Waals surface area contributed by atoms with Crippen LogP contribution in [-0.2, 0) is 6.42 Å². The van der Waals surface area contributed by atoms with E-state index < -0.39 is 4.92 Å². The average molecular weight is 340 g/mol. The maximum Gasteiger partial charge on any atom is 0.381 e. The Balaban J connectivity index is 1.53. The summed E-state index contributed by atoms with van der Waals surface area (Å²) >= 11 is 0. The van der Waals surface area contributed by atoms with Gasteiger partial charge in [-0.2, -0.15) is 0 Å². The molecule has 0 amide bonds. The van der Waals surface area contributed by atoms with Crippen LogP contribution in [0, 0.1) is 10.1 Å². The molecule has 3 N–H and O–H groups in total. The third kappa shape index (κ3) is 4.28. The Kier molecular flexibility index (Phi) is 4.84. The minimum absolute atomic E-state index is 0.173. The van der Waals surface area contributed by atoms with Gasteiger partial charge in [-0.3, -0.25) is 0 Å². The SMILES string of the molecule is O=[N+]([O-])c1c[nH]c(CCCNc2nccc(-c3ccc(O)cc3)n2)n1. The van der Waals surface area contributed by atoms with Gasteiger partial charge in [0.05, 0.1) is 5.69 Å². The number of H-pyrrole nitrogens is 1. The van der Waals surface area contributed by atoms with Gasteiger partial charge in [0, 0.05) is 24.7 Å². The van der Waals surface area contributed by atoms with Crippen LogP contribution in [0.2, 0.25) is 0 Å². The van der Waals surface area contributed by atoms with Crippen LogP contribution in [0.15, 0.2) is 42.7 Å². The summed E-state index contributed by atoms with van der Waals surface area (Å²) in [6, 6.07) is 8.57. The predicted molar refractivity (Wildman–Crippen MR) is 91.2 cm³/mol. The molecule has 0 atom stereocenters. The number of nitro groups is 1. The van der Waals surface area contributed by atoms with Gasteiger partial charge in [0.15, 0.2) is 0 Å². The summed E-state index contributed by atoms with van der Waals surface area (Å²) in [5, 5.41) is 23.0. The van der Waals surface area contributed by atoms with Crippen molar-refractivity contribution in [1.82, 2.24) is 19.9 Å². The fourth-order valence-corrected chi connectivity index (χ4v) is 2.27. The highest BCUT2D eigenvalue weighted by Crippen LogP contribution is 2.20. The summed E-state index contributed by atoms with van der Waals surface area (Å²) in [7, 11) is 0. The molecule has 25 heavy (non-hydrogen) atoms. The molecule has 2 aromatic heterocycles. The molecule has 0 aliphatic carbocycles. The fraction of sp³-hybridized carbons (Fsp3) is 0.188. The first-order valence-corrected chi connectivity index (χ1v) is 7.67. The van der Waals surface area contributed by atoms with Crippen molar-refractivity contribution < 1.29 is 10.0 Å². The fourth-order valence-electron chi connectivity index (χ4n) is 2.27. The number of benzene rings is 1. The van der Waals surface area contributed by atoms with Crippen molar-refractivity contribution in [2.24, 2.45) is 0 Å². The lowest BCUT2D eigenvalue weighted by Crippen LogP contribution is -2.07. The van der Waals surface area contributed by atoms with Gasteiger partial charge < -0.3 is 25.5 Å². The molecule has 0 saturated heterocycles. The topological polar surface area (TPSA) is 130 Å². The van der Waals surface area contributed by atoms with Crippen LogP contribution in [0.3, 0.4) is 0 Å². The van der Waals surface area contributed by atoms with Crippen molar-refractivity contribution in [2.45, 2.75) is 12.8 Å². The van der Waals surface area contributed by atoms with Gasteiger partial charge in [-0.25, -0.2) is 9.97 Å². The van der Waals surface area contributed by atoms with E-state index in [2.05, 4.69) is 25.3 Å². The van der Waals surface area contributed by atoms with E-state index in [4.69, 9.17) is 0 Å². The number of aryl methyl sites for hydroxylation is 1. The molecule has 0 fully saturated rings.